The van der Waals surface area contributed by atoms with Crippen molar-refractivity contribution in [2.75, 3.05) is 0 Å². The van der Waals surface area contributed by atoms with E-state index in [1.165, 1.54) is 13.0 Å². The lowest BCUT2D eigenvalue weighted by molar-refractivity contribution is -0.138. The third-order valence-corrected chi connectivity index (χ3v) is 3.14. The minimum absolute atomic E-state index is 0.103. The van der Waals surface area contributed by atoms with Crippen molar-refractivity contribution in [2.24, 2.45) is 0 Å². The van der Waals surface area contributed by atoms with Crippen LogP contribution in [0.4, 0.5) is 13.2 Å². The molecule has 0 spiro atoms. The molecule has 0 unspecified atom stereocenters. The monoisotopic (exact) mass is 334 g/mol. The molecule has 0 heterocycles. The van der Waals surface area contributed by atoms with Crippen molar-refractivity contribution in [3.63, 3.8) is 0 Å². The van der Waals surface area contributed by atoms with E-state index in [9.17, 15) is 13.2 Å². The summed E-state index contributed by atoms with van der Waals surface area (Å²) in [6, 6.07) is 3.06. The summed E-state index contributed by atoms with van der Waals surface area (Å²) < 4.78 is 37.9. The molecule has 0 radical (unpaired) electrons. The van der Waals surface area contributed by atoms with E-state index in [1.54, 1.807) is 28.7 Å². The second-order valence-electron chi connectivity index (χ2n) is 2.84. The number of rotatable bonds is 1. The summed E-state index contributed by atoms with van der Waals surface area (Å²) >= 11 is 7.22. The number of hydrogen-bond acceptors (Lipinski definition) is 0. The zero-order valence-corrected chi connectivity index (χ0v) is 10.2. The van der Waals surface area contributed by atoms with Gasteiger partial charge in [0.05, 0.1) is 5.56 Å². The Hall–Kier alpha value is 0.0300. The first-order valence-electron chi connectivity index (χ1n) is 3.79. The zero-order chi connectivity index (χ0) is 10.9. The Morgan fingerprint density at radius 1 is 1.36 bits per heavy atom. The van der Waals surface area contributed by atoms with Gasteiger partial charge in [-0.15, -0.1) is 11.6 Å². The van der Waals surface area contributed by atoms with Gasteiger partial charge in [0.1, 0.15) is 0 Å². The van der Waals surface area contributed by atoms with Gasteiger partial charge in [-0.3, -0.25) is 0 Å². The second-order valence-corrected chi connectivity index (χ2v) is 4.27. The van der Waals surface area contributed by atoms with Gasteiger partial charge < -0.3 is 0 Å². The quantitative estimate of drug-likeness (QED) is 0.529. The lowest BCUT2D eigenvalue weighted by Crippen LogP contribution is -2.11. The number of benzene rings is 1. The molecule has 14 heavy (non-hydrogen) atoms. The van der Waals surface area contributed by atoms with Gasteiger partial charge in [0.25, 0.3) is 0 Å². The van der Waals surface area contributed by atoms with Crippen molar-refractivity contribution in [1.82, 2.24) is 0 Å². The predicted octanol–water partition coefficient (Wildman–Crippen LogP) is 4.36. The molecule has 1 rings (SSSR count). The fourth-order valence-corrected chi connectivity index (χ4v) is 2.39. The second kappa shape index (κ2) is 4.26. The van der Waals surface area contributed by atoms with E-state index in [4.69, 9.17) is 11.6 Å². The van der Waals surface area contributed by atoms with Gasteiger partial charge in [-0.2, -0.15) is 13.2 Å². The van der Waals surface area contributed by atoms with Gasteiger partial charge >= 0.3 is 6.18 Å². The summed E-state index contributed by atoms with van der Waals surface area (Å²) in [5, 5.41) is 0. The molecular formula is C9H7ClF3I. The fraction of sp³-hybridized carbons (Fsp3) is 0.333. The van der Waals surface area contributed by atoms with Crippen LogP contribution in [-0.2, 0) is 12.1 Å². The predicted molar refractivity (Wildman–Crippen MR) is 58.5 cm³/mol. The van der Waals surface area contributed by atoms with Gasteiger partial charge in [0.15, 0.2) is 0 Å². The number of hydrogen-bond donors (Lipinski definition) is 0. The van der Waals surface area contributed by atoms with Gasteiger partial charge in [0.2, 0.25) is 0 Å². The van der Waals surface area contributed by atoms with Crippen molar-refractivity contribution in [2.45, 2.75) is 19.0 Å². The summed E-state index contributed by atoms with van der Waals surface area (Å²) in [5.41, 5.74) is 0.176. The Labute approximate surface area is 98.6 Å². The highest BCUT2D eigenvalue weighted by molar-refractivity contribution is 14.1. The summed E-state index contributed by atoms with van der Waals surface area (Å²) in [6.07, 6.45) is -4.30. The minimum Gasteiger partial charge on any atom is -0.166 e. The molecule has 0 N–H and O–H groups in total. The molecule has 0 atom stereocenters. The Bertz CT molecular complexity index is 347. The Kier molecular flexibility index (Phi) is 3.69. The molecule has 1 aromatic rings. The third kappa shape index (κ3) is 2.34. The number of halogens is 5. The highest BCUT2D eigenvalue weighted by atomic mass is 127. The zero-order valence-electron chi connectivity index (χ0n) is 7.25. The average Bonchev–Trinajstić information content (AvgIpc) is 2.02. The molecule has 0 saturated heterocycles. The van der Waals surface area contributed by atoms with Crippen LogP contribution in [0.5, 0.6) is 0 Å². The highest BCUT2D eigenvalue weighted by Gasteiger charge is 2.35. The maximum absolute atomic E-state index is 12.6. The Morgan fingerprint density at radius 2 is 1.93 bits per heavy atom. The van der Waals surface area contributed by atoms with Gasteiger partial charge in [0, 0.05) is 9.45 Å². The van der Waals surface area contributed by atoms with Crippen LogP contribution >= 0.6 is 34.2 Å². The molecule has 0 amide bonds. The van der Waals surface area contributed by atoms with Gasteiger partial charge in [-0.1, -0.05) is 6.07 Å². The molecule has 0 saturated carbocycles. The van der Waals surface area contributed by atoms with E-state index in [0.29, 0.717) is 5.56 Å². The molecule has 0 aliphatic carbocycles. The fourth-order valence-electron chi connectivity index (χ4n) is 1.21. The molecule has 0 bridgehead atoms. The lowest BCUT2D eigenvalue weighted by atomic mass is 10.0. The summed E-state index contributed by atoms with van der Waals surface area (Å²) in [4.78, 5) is 0. The van der Waals surface area contributed by atoms with E-state index in [0.717, 1.165) is 0 Å². The molecule has 78 valence electrons. The van der Waals surface area contributed by atoms with Crippen LogP contribution in [0.15, 0.2) is 12.1 Å². The molecule has 0 aliphatic rings. The maximum Gasteiger partial charge on any atom is 0.417 e. The van der Waals surface area contributed by atoms with E-state index in [1.807, 2.05) is 0 Å². The van der Waals surface area contributed by atoms with Crippen molar-refractivity contribution >= 4 is 34.2 Å². The largest absolute Gasteiger partial charge is 0.417 e. The molecule has 5 heteroatoms. The van der Waals surface area contributed by atoms with Gasteiger partial charge in [-0.25, -0.2) is 0 Å². The van der Waals surface area contributed by atoms with Crippen molar-refractivity contribution in [3.05, 3.63) is 32.4 Å². The van der Waals surface area contributed by atoms with Crippen molar-refractivity contribution in [1.29, 1.82) is 0 Å². The van der Waals surface area contributed by atoms with Crippen LogP contribution in [-0.4, -0.2) is 0 Å². The topological polar surface area (TPSA) is 0 Å². The third-order valence-electron chi connectivity index (χ3n) is 1.95. The molecule has 0 aliphatic heterocycles. The van der Waals surface area contributed by atoms with E-state index >= 15 is 0 Å². The molecule has 0 nitrogen and oxygen atoms in total. The molecular weight excluding hydrogens is 327 g/mol. The standard InChI is InChI=1S/C9H7ClF3I/c1-5-6(4-10)2-3-7(14)8(5)9(11,12)13/h2-3H,4H2,1H3. The van der Waals surface area contributed by atoms with Crippen LogP contribution in [0.1, 0.15) is 16.7 Å². The molecule has 1 aromatic carbocycles. The SMILES string of the molecule is Cc1c(CCl)ccc(I)c1C(F)(F)F. The summed E-state index contributed by atoms with van der Waals surface area (Å²) in [7, 11) is 0. The van der Waals surface area contributed by atoms with Crippen molar-refractivity contribution < 1.29 is 13.2 Å². The first-order valence-corrected chi connectivity index (χ1v) is 5.40. The maximum atomic E-state index is 12.6. The summed E-state index contributed by atoms with van der Waals surface area (Å²) in [6.45, 7) is 1.45. The van der Waals surface area contributed by atoms with Gasteiger partial charge in [-0.05, 0) is 46.7 Å². The average molecular weight is 335 g/mol. The smallest absolute Gasteiger partial charge is 0.166 e. The lowest BCUT2D eigenvalue weighted by Gasteiger charge is -2.14. The highest BCUT2D eigenvalue weighted by Crippen LogP contribution is 2.36. The van der Waals surface area contributed by atoms with Crippen LogP contribution in [0.2, 0.25) is 0 Å². The van der Waals surface area contributed by atoms with E-state index < -0.39 is 11.7 Å². The summed E-state index contributed by atoms with van der Waals surface area (Å²) in [5.74, 6) is 0.103. The first kappa shape index (κ1) is 12.1. The van der Waals surface area contributed by atoms with Crippen LogP contribution in [0.3, 0.4) is 0 Å². The van der Waals surface area contributed by atoms with Crippen molar-refractivity contribution in [3.8, 4) is 0 Å². The molecule has 0 aromatic heterocycles. The minimum atomic E-state index is -4.30. The number of alkyl halides is 4. The van der Waals surface area contributed by atoms with Crippen LogP contribution in [0, 0.1) is 10.5 Å². The molecule has 0 fully saturated rings. The first-order chi connectivity index (χ1) is 6.38. The Balaban J connectivity index is 3.40. The van der Waals surface area contributed by atoms with E-state index in [2.05, 4.69) is 0 Å². The normalized spacial score (nSPS) is 11.9. The van der Waals surface area contributed by atoms with Crippen LogP contribution < -0.4 is 0 Å². The van der Waals surface area contributed by atoms with E-state index in [-0.39, 0.29) is 15.0 Å². The Morgan fingerprint density at radius 3 is 2.36 bits per heavy atom. The van der Waals surface area contributed by atoms with Crippen LogP contribution in [0.25, 0.3) is 0 Å².